The number of hydrogen-bond donors (Lipinski definition) is 0. The monoisotopic (exact) mass is 420 g/mol. The van der Waals surface area contributed by atoms with Crippen molar-refractivity contribution in [3.05, 3.63) is 77.0 Å². The summed E-state index contributed by atoms with van der Waals surface area (Å²) in [6.07, 6.45) is 0.846. The molecule has 0 bridgehead atoms. The maximum atomic E-state index is 6.19. The van der Waals surface area contributed by atoms with E-state index in [-0.39, 0.29) is 5.41 Å². The number of thioether (sulfide) groups is 1. The summed E-state index contributed by atoms with van der Waals surface area (Å²) >= 11 is 1.65. The molecule has 0 radical (unpaired) electrons. The second-order valence-corrected chi connectivity index (χ2v) is 9.81. The lowest BCUT2D eigenvalue weighted by Crippen LogP contribution is -2.10. The molecule has 1 heterocycles. The molecule has 3 rings (SSSR count). The molecule has 0 aliphatic heterocycles. The molecular formula is C26H32N2OS. The second kappa shape index (κ2) is 9.65. The average molecular weight is 421 g/mol. The minimum Gasteiger partial charge on any atom is -0.439 e. The summed E-state index contributed by atoms with van der Waals surface area (Å²) < 4.78 is 6.19. The zero-order valence-electron chi connectivity index (χ0n) is 18.9. The van der Waals surface area contributed by atoms with Crippen LogP contribution in [0.5, 0.6) is 11.6 Å². The van der Waals surface area contributed by atoms with Crippen molar-refractivity contribution in [3.8, 4) is 11.6 Å². The molecule has 0 saturated heterocycles. The number of nitrogens with zero attached hydrogens (tertiary/aromatic N) is 2. The van der Waals surface area contributed by atoms with Gasteiger partial charge in [-0.1, -0.05) is 95.8 Å². The SMILES string of the molecule is CCc1cc(Oc2ccccc2C(C)C)nc(SCc2ccc(C(C)(C)C)cc2)n1. The Balaban J connectivity index is 1.76. The lowest BCUT2D eigenvalue weighted by Gasteiger charge is -2.19. The van der Waals surface area contributed by atoms with Crippen LogP contribution in [0, 0.1) is 0 Å². The van der Waals surface area contributed by atoms with Crippen molar-refractivity contribution in [3.63, 3.8) is 0 Å². The van der Waals surface area contributed by atoms with Gasteiger partial charge in [0.05, 0.1) is 0 Å². The molecule has 0 unspecified atom stereocenters. The van der Waals surface area contributed by atoms with Crippen LogP contribution < -0.4 is 4.74 Å². The maximum Gasteiger partial charge on any atom is 0.223 e. The van der Waals surface area contributed by atoms with Gasteiger partial charge in [0.1, 0.15) is 5.75 Å². The molecule has 30 heavy (non-hydrogen) atoms. The van der Waals surface area contributed by atoms with Gasteiger partial charge in [-0.05, 0) is 40.5 Å². The van der Waals surface area contributed by atoms with Crippen LogP contribution in [0.4, 0.5) is 0 Å². The molecule has 1 aromatic heterocycles. The van der Waals surface area contributed by atoms with Crippen molar-refractivity contribution in [2.75, 3.05) is 0 Å². The van der Waals surface area contributed by atoms with E-state index in [1.807, 2.05) is 24.3 Å². The third-order valence-electron chi connectivity index (χ3n) is 5.04. The fourth-order valence-electron chi connectivity index (χ4n) is 3.16. The third-order valence-corrected chi connectivity index (χ3v) is 5.96. The lowest BCUT2D eigenvalue weighted by atomic mass is 9.87. The summed E-state index contributed by atoms with van der Waals surface area (Å²) in [4.78, 5) is 9.37. The number of benzene rings is 2. The highest BCUT2D eigenvalue weighted by Crippen LogP contribution is 2.31. The fraction of sp³-hybridized carbons (Fsp3) is 0.385. The number of aromatic nitrogens is 2. The van der Waals surface area contributed by atoms with Crippen LogP contribution in [-0.2, 0) is 17.6 Å². The Morgan fingerprint density at radius 1 is 0.967 bits per heavy atom. The Labute approximate surface area is 185 Å². The summed E-state index contributed by atoms with van der Waals surface area (Å²) in [5, 5.41) is 0.756. The minimum atomic E-state index is 0.169. The van der Waals surface area contributed by atoms with E-state index < -0.39 is 0 Å². The second-order valence-electron chi connectivity index (χ2n) is 8.86. The standard InChI is InChI=1S/C26H32N2OS/c1-7-21-16-24(29-23-11-9-8-10-22(23)18(2)3)28-25(27-21)30-17-19-12-14-20(15-13-19)26(4,5)6/h8-16,18H,7,17H2,1-6H3. The first-order valence-corrected chi connectivity index (χ1v) is 11.6. The Kier molecular flexibility index (Phi) is 7.19. The molecule has 0 saturated carbocycles. The van der Waals surface area contributed by atoms with Gasteiger partial charge in [-0.3, -0.25) is 0 Å². The maximum absolute atomic E-state index is 6.19. The highest BCUT2D eigenvalue weighted by Gasteiger charge is 2.14. The topological polar surface area (TPSA) is 35.0 Å². The van der Waals surface area contributed by atoms with Crippen LogP contribution >= 0.6 is 11.8 Å². The van der Waals surface area contributed by atoms with Crippen LogP contribution in [0.15, 0.2) is 59.8 Å². The van der Waals surface area contributed by atoms with Crippen molar-refractivity contribution in [2.24, 2.45) is 0 Å². The van der Waals surface area contributed by atoms with Gasteiger partial charge in [-0.2, -0.15) is 4.98 Å². The quantitative estimate of drug-likeness (QED) is 0.292. The first-order chi connectivity index (χ1) is 14.3. The molecule has 0 atom stereocenters. The van der Waals surface area contributed by atoms with Gasteiger partial charge in [-0.25, -0.2) is 4.98 Å². The van der Waals surface area contributed by atoms with Crippen molar-refractivity contribution in [1.29, 1.82) is 0 Å². The van der Waals surface area contributed by atoms with Crippen LogP contribution in [0.25, 0.3) is 0 Å². The fourth-order valence-corrected chi connectivity index (χ4v) is 3.98. The average Bonchev–Trinajstić information content (AvgIpc) is 2.72. The van der Waals surface area contributed by atoms with E-state index in [0.717, 1.165) is 28.8 Å². The Hall–Kier alpha value is -2.33. The van der Waals surface area contributed by atoms with Crippen LogP contribution in [0.2, 0.25) is 0 Å². The predicted octanol–water partition coefficient (Wildman–Crippen LogP) is 7.54. The first-order valence-electron chi connectivity index (χ1n) is 10.6. The molecule has 2 aromatic carbocycles. The van der Waals surface area contributed by atoms with E-state index in [2.05, 4.69) is 76.9 Å². The number of ether oxygens (including phenoxy) is 1. The molecule has 0 amide bonds. The summed E-state index contributed by atoms with van der Waals surface area (Å²) in [6.45, 7) is 13.2. The lowest BCUT2D eigenvalue weighted by molar-refractivity contribution is 0.446. The van der Waals surface area contributed by atoms with Gasteiger partial charge in [0.2, 0.25) is 5.88 Å². The highest BCUT2D eigenvalue weighted by molar-refractivity contribution is 7.98. The number of rotatable bonds is 7. The van der Waals surface area contributed by atoms with E-state index in [1.54, 1.807) is 11.8 Å². The normalized spacial score (nSPS) is 11.7. The summed E-state index contributed by atoms with van der Waals surface area (Å²) in [7, 11) is 0. The number of aryl methyl sites for hydroxylation is 1. The van der Waals surface area contributed by atoms with E-state index >= 15 is 0 Å². The molecule has 3 nitrogen and oxygen atoms in total. The van der Waals surface area contributed by atoms with Crippen molar-refractivity contribution in [1.82, 2.24) is 9.97 Å². The van der Waals surface area contributed by atoms with Gasteiger partial charge in [0, 0.05) is 17.5 Å². The first kappa shape index (κ1) is 22.4. The zero-order chi connectivity index (χ0) is 21.7. The summed E-state index contributed by atoms with van der Waals surface area (Å²) in [5.74, 6) is 2.70. The molecule has 0 N–H and O–H groups in total. The Morgan fingerprint density at radius 2 is 1.67 bits per heavy atom. The smallest absolute Gasteiger partial charge is 0.223 e. The molecule has 3 aromatic rings. The van der Waals surface area contributed by atoms with Crippen LogP contribution in [0.1, 0.15) is 69.8 Å². The largest absolute Gasteiger partial charge is 0.439 e. The zero-order valence-corrected chi connectivity index (χ0v) is 19.7. The minimum absolute atomic E-state index is 0.169. The molecule has 0 fully saturated rings. The molecular weight excluding hydrogens is 388 g/mol. The predicted molar refractivity (Wildman–Crippen MR) is 127 cm³/mol. The molecule has 0 aliphatic rings. The van der Waals surface area contributed by atoms with Crippen LogP contribution in [-0.4, -0.2) is 9.97 Å². The summed E-state index contributed by atoms with van der Waals surface area (Å²) in [5.41, 5.74) is 4.96. The van der Waals surface area contributed by atoms with Crippen molar-refractivity contribution >= 4 is 11.8 Å². The summed E-state index contributed by atoms with van der Waals surface area (Å²) in [6, 6.07) is 18.9. The highest BCUT2D eigenvalue weighted by atomic mass is 32.2. The van der Waals surface area contributed by atoms with E-state index in [1.165, 1.54) is 16.7 Å². The van der Waals surface area contributed by atoms with E-state index in [4.69, 9.17) is 9.72 Å². The van der Waals surface area contributed by atoms with Crippen molar-refractivity contribution < 1.29 is 4.74 Å². The third kappa shape index (κ3) is 5.85. The van der Waals surface area contributed by atoms with Crippen molar-refractivity contribution in [2.45, 2.75) is 70.2 Å². The van der Waals surface area contributed by atoms with Gasteiger partial charge >= 0.3 is 0 Å². The van der Waals surface area contributed by atoms with Crippen LogP contribution in [0.3, 0.4) is 0 Å². The van der Waals surface area contributed by atoms with Gasteiger partial charge in [0.15, 0.2) is 5.16 Å². The van der Waals surface area contributed by atoms with Gasteiger partial charge < -0.3 is 4.74 Å². The Bertz CT molecular complexity index is 975. The Morgan fingerprint density at radius 3 is 2.30 bits per heavy atom. The van der Waals surface area contributed by atoms with E-state index in [9.17, 15) is 0 Å². The molecule has 0 aliphatic carbocycles. The number of para-hydroxylation sites is 1. The molecule has 0 spiro atoms. The van der Waals surface area contributed by atoms with Gasteiger partial charge in [0.25, 0.3) is 0 Å². The molecule has 158 valence electrons. The number of hydrogen-bond acceptors (Lipinski definition) is 4. The van der Waals surface area contributed by atoms with E-state index in [0.29, 0.717) is 11.8 Å². The molecule has 4 heteroatoms. The van der Waals surface area contributed by atoms with Gasteiger partial charge in [-0.15, -0.1) is 0 Å².